The fraction of sp³-hybridized carbons (Fsp3) is 0.211. The summed E-state index contributed by atoms with van der Waals surface area (Å²) in [7, 11) is 1.53. The lowest BCUT2D eigenvalue weighted by Crippen LogP contribution is -2.47. The van der Waals surface area contributed by atoms with Crippen LogP contribution in [0.1, 0.15) is 28.6 Å². The number of halogens is 1. The summed E-state index contributed by atoms with van der Waals surface area (Å²) in [6.45, 7) is 1.65. The number of benzene rings is 1. The molecule has 9 heteroatoms. The van der Waals surface area contributed by atoms with Gasteiger partial charge >= 0.3 is 0 Å². The summed E-state index contributed by atoms with van der Waals surface area (Å²) in [5.74, 6) is -0.988. The molecule has 1 unspecified atom stereocenters. The second-order valence-electron chi connectivity index (χ2n) is 6.78. The SMILES string of the molecule is CN1C(=O)CC(C)(c2cc(NC(=O)c3cc4sccc4s3)ccc2F)N=C1N. The van der Waals surface area contributed by atoms with Crippen molar-refractivity contribution in [3.05, 3.63) is 52.0 Å². The average Bonchev–Trinajstić information content (AvgIpc) is 3.23. The van der Waals surface area contributed by atoms with Crippen LogP contribution in [0.25, 0.3) is 9.40 Å². The molecular formula is C19H17FN4O2S2. The predicted octanol–water partition coefficient (Wildman–Crippen LogP) is 3.75. The van der Waals surface area contributed by atoms with Crippen LogP contribution >= 0.6 is 22.7 Å². The number of carbonyl (C=O) groups is 2. The highest BCUT2D eigenvalue weighted by Crippen LogP contribution is 2.36. The summed E-state index contributed by atoms with van der Waals surface area (Å²) in [4.78, 5) is 30.9. The van der Waals surface area contributed by atoms with Gasteiger partial charge in [0.05, 0.1) is 16.8 Å². The molecule has 3 aromatic rings. The number of anilines is 1. The van der Waals surface area contributed by atoms with Gasteiger partial charge in [0.1, 0.15) is 5.82 Å². The van der Waals surface area contributed by atoms with Gasteiger partial charge in [-0.3, -0.25) is 14.5 Å². The van der Waals surface area contributed by atoms with Crippen LogP contribution in [0.15, 0.2) is 40.7 Å². The first-order chi connectivity index (χ1) is 13.3. The van der Waals surface area contributed by atoms with E-state index < -0.39 is 11.4 Å². The van der Waals surface area contributed by atoms with Crippen LogP contribution in [0, 0.1) is 5.82 Å². The maximum absolute atomic E-state index is 14.6. The minimum Gasteiger partial charge on any atom is -0.369 e. The zero-order valence-corrected chi connectivity index (χ0v) is 16.8. The number of nitrogens with one attached hydrogen (secondary N) is 1. The van der Waals surface area contributed by atoms with E-state index in [1.165, 1.54) is 41.5 Å². The van der Waals surface area contributed by atoms with Crippen LogP contribution in [0.5, 0.6) is 0 Å². The van der Waals surface area contributed by atoms with E-state index in [4.69, 9.17) is 5.73 Å². The number of nitrogens with zero attached hydrogens (tertiary/aromatic N) is 2. The molecule has 0 saturated heterocycles. The van der Waals surface area contributed by atoms with Crippen LogP contribution in [0.4, 0.5) is 10.1 Å². The molecule has 28 heavy (non-hydrogen) atoms. The van der Waals surface area contributed by atoms with Crippen LogP contribution in [0.2, 0.25) is 0 Å². The van der Waals surface area contributed by atoms with Gasteiger partial charge in [-0.05, 0) is 42.6 Å². The average molecular weight is 417 g/mol. The van der Waals surface area contributed by atoms with Crippen molar-refractivity contribution in [3.63, 3.8) is 0 Å². The standard InChI is InChI=1S/C19H17FN4O2S2/c1-19(9-16(25)24(2)18(21)23-19)11-7-10(3-4-12(11)20)22-17(26)15-8-14-13(28-15)5-6-27-14/h3-8H,9H2,1-2H3,(H2,21,23)(H,22,26). The Morgan fingerprint density at radius 1 is 1.32 bits per heavy atom. The Bertz CT molecular complexity index is 1110. The van der Waals surface area contributed by atoms with Crippen molar-refractivity contribution in [2.24, 2.45) is 10.7 Å². The van der Waals surface area contributed by atoms with Gasteiger partial charge in [-0.1, -0.05) is 0 Å². The fourth-order valence-corrected chi connectivity index (χ4v) is 5.15. The molecule has 0 radical (unpaired) electrons. The normalized spacial score (nSPS) is 19.8. The second kappa shape index (κ2) is 6.68. The third-order valence-corrected chi connectivity index (χ3v) is 6.83. The molecule has 3 N–H and O–H groups in total. The molecule has 2 amide bonds. The van der Waals surface area contributed by atoms with E-state index in [1.807, 2.05) is 17.5 Å². The van der Waals surface area contributed by atoms with Gasteiger partial charge < -0.3 is 11.1 Å². The molecule has 0 spiro atoms. The van der Waals surface area contributed by atoms with Crippen molar-refractivity contribution in [2.75, 3.05) is 12.4 Å². The Morgan fingerprint density at radius 2 is 2.11 bits per heavy atom. The predicted molar refractivity (Wildman–Crippen MR) is 110 cm³/mol. The number of thiophene rings is 2. The van der Waals surface area contributed by atoms with Crippen molar-refractivity contribution in [2.45, 2.75) is 18.9 Å². The molecule has 0 fully saturated rings. The van der Waals surface area contributed by atoms with E-state index in [-0.39, 0.29) is 29.8 Å². The minimum atomic E-state index is -1.13. The van der Waals surface area contributed by atoms with E-state index in [1.54, 1.807) is 18.3 Å². The van der Waals surface area contributed by atoms with Gasteiger partial charge in [0.15, 0.2) is 5.96 Å². The lowest BCUT2D eigenvalue weighted by atomic mass is 9.87. The monoisotopic (exact) mass is 416 g/mol. The highest BCUT2D eigenvalue weighted by Gasteiger charge is 2.38. The molecule has 144 valence electrons. The van der Waals surface area contributed by atoms with Crippen LogP contribution in [0.3, 0.4) is 0 Å². The van der Waals surface area contributed by atoms with Gasteiger partial charge in [-0.2, -0.15) is 0 Å². The molecule has 1 aromatic carbocycles. The molecule has 0 aliphatic carbocycles. The van der Waals surface area contributed by atoms with Gasteiger partial charge in [-0.15, -0.1) is 22.7 Å². The molecule has 4 rings (SSSR count). The lowest BCUT2D eigenvalue weighted by molar-refractivity contribution is -0.128. The zero-order valence-electron chi connectivity index (χ0n) is 15.2. The molecule has 1 aliphatic heterocycles. The Labute approximate surface area is 168 Å². The molecule has 3 heterocycles. The van der Waals surface area contributed by atoms with Gasteiger partial charge in [-0.25, -0.2) is 9.38 Å². The summed E-state index contributed by atoms with van der Waals surface area (Å²) in [5, 5.41) is 4.78. The summed E-state index contributed by atoms with van der Waals surface area (Å²) >= 11 is 2.98. The summed E-state index contributed by atoms with van der Waals surface area (Å²) in [6, 6.07) is 8.07. The van der Waals surface area contributed by atoms with E-state index in [2.05, 4.69) is 10.3 Å². The number of hydrogen-bond acceptors (Lipinski definition) is 6. The van der Waals surface area contributed by atoms with Crippen molar-refractivity contribution in [3.8, 4) is 0 Å². The molecule has 1 atom stereocenters. The van der Waals surface area contributed by atoms with Crippen molar-refractivity contribution < 1.29 is 14.0 Å². The minimum absolute atomic E-state index is 0.0142. The van der Waals surface area contributed by atoms with E-state index in [0.717, 1.165) is 9.40 Å². The number of fused-ring (bicyclic) bond motifs is 1. The third kappa shape index (κ3) is 3.16. The molecular weight excluding hydrogens is 399 g/mol. The first-order valence-electron chi connectivity index (χ1n) is 8.47. The number of nitrogens with two attached hydrogens (primary N) is 1. The number of carbonyl (C=O) groups excluding carboxylic acids is 2. The maximum Gasteiger partial charge on any atom is 0.265 e. The Balaban J connectivity index is 1.64. The lowest BCUT2D eigenvalue weighted by Gasteiger charge is -2.34. The Morgan fingerprint density at radius 3 is 2.82 bits per heavy atom. The van der Waals surface area contributed by atoms with Crippen LogP contribution in [-0.4, -0.2) is 29.7 Å². The number of amides is 2. The summed E-state index contributed by atoms with van der Waals surface area (Å²) < 4.78 is 16.7. The van der Waals surface area contributed by atoms with Crippen molar-refractivity contribution in [1.82, 2.24) is 4.90 Å². The topological polar surface area (TPSA) is 87.8 Å². The van der Waals surface area contributed by atoms with E-state index >= 15 is 0 Å². The molecule has 0 bridgehead atoms. The number of rotatable bonds is 3. The molecule has 2 aromatic heterocycles. The number of hydrogen-bond donors (Lipinski definition) is 2. The quantitative estimate of drug-likeness (QED) is 0.682. The molecule has 6 nitrogen and oxygen atoms in total. The van der Waals surface area contributed by atoms with E-state index in [9.17, 15) is 14.0 Å². The van der Waals surface area contributed by atoms with Gasteiger partial charge in [0.25, 0.3) is 5.91 Å². The number of aliphatic imine (C=N–C) groups is 1. The highest BCUT2D eigenvalue weighted by atomic mass is 32.1. The summed E-state index contributed by atoms with van der Waals surface area (Å²) in [6.07, 6.45) is -0.0142. The Kier molecular flexibility index (Phi) is 4.43. The number of guanidine groups is 1. The van der Waals surface area contributed by atoms with Crippen LogP contribution in [-0.2, 0) is 10.3 Å². The third-order valence-electron chi connectivity index (χ3n) is 4.74. The second-order valence-corrected chi connectivity index (χ2v) is 8.81. The van der Waals surface area contributed by atoms with Crippen molar-refractivity contribution in [1.29, 1.82) is 0 Å². The Hall–Kier alpha value is -2.78. The largest absolute Gasteiger partial charge is 0.369 e. The fourth-order valence-electron chi connectivity index (χ4n) is 3.15. The first-order valence-corrected chi connectivity index (χ1v) is 10.2. The smallest absolute Gasteiger partial charge is 0.265 e. The van der Waals surface area contributed by atoms with Gasteiger partial charge in [0, 0.05) is 27.7 Å². The van der Waals surface area contributed by atoms with E-state index in [0.29, 0.717) is 10.6 Å². The highest BCUT2D eigenvalue weighted by molar-refractivity contribution is 7.27. The summed E-state index contributed by atoms with van der Waals surface area (Å²) in [5.41, 5.74) is 5.32. The molecule has 0 saturated carbocycles. The van der Waals surface area contributed by atoms with Crippen LogP contribution < -0.4 is 11.1 Å². The van der Waals surface area contributed by atoms with Gasteiger partial charge in [0.2, 0.25) is 5.91 Å². The first kappa shape index (κ1) is 18.6. The maximum atomic E-state index is 14.6. The zero-order chi connectivity index (χ0) is 20.1. The molecule has 1 aliphatic rings. The van der Waals surface area contributed by atoms with Crippen molar-refractivity contribution >= 4 is 55.5 Å².